The standard InChI is InChI=1S/C55H44N4O2/c1-33-9-15-36(16-10-33)52-43-22-24-45(56-43)53(37-17-11-34(2)12-18-37)47-26-28-49(58-47)55(40-8-6-7-39(31-40)42-32-41(60-4)21-30-51(42)61-5)50-29-27-48(59-50)54(46-25-23-44(52)57-46)38-19-13-35(3)14-20-38/h6-32,58-59H,1-5H3. The Kier molecular flexibility index (Phi) is 9.53. The number of aryl methyl sites for hydroxylation is 3. The van der Waals surface area contributed by atoms with Gasteiger partial charge < -0.3 is 19.4 Å². The highest BCUT2D eigenvalue weighted by Crippen LogP contribution is 2.40. The first kappa shape index (κ1) is 37.6. The van der Waals surface area contributed by atoms with Crippen LogP contribution in [0, 0.1) is 20.8 Å². The van der Waals surface area contributed by atoms with E-state index in [1.807, 2.05) is 18.2 Å². The minimum absolute atomic E-state index is 0.761. The lowest BCUT2D eigenvalue weighted by molar-refractivity contribution is 0.404. The monoisotopic (exact) mass is 792 g/mol. The molecule has 0 amide bonds. The van der Waals surface area contributed by atoms with Gasteiger partial charge in [-0.25, -0.2) is 9.97 Å². The van der Waals surface area contributed by atoms with Crippen LogP contribution in [0.3, 0.4) is 0 Å². The molecule has 8 aromatic rings. The fourth-order valence-corrected chi connectivity index (χ4v) is 8.46. The van der Waals surface area contributed by atoms with E-state index >= 15 is 0 Å². The van der Waals surface area contributed by atoms with Gasteiger partial charge in [-0.2, -0.15) is 0 Å². The molecule has 0 saturated carbocycles. The van der Waals surface area contributed by atoms with Crippen molar-refractivity contribution in [3.05, 3.63) is 179 Å². The maximum atomic E-state index is 5.85. The van der Waals surface area contributed by atoms with E-state index < -0.39 is 0 Å². The van der Waals surface area contributed by atoms with E-state index in [-0.39, 0.29) is 0 Å². The third-order valence-electron chi connectivity index (χ3n) is 11.6. The van der Waals surface area contributed by atoms with E-state index in [0.717, 1.165) is 112 Å². The normalized spacial score (nSPS) is 11.9. The Labute approximate surface area is 355 Å². The van der Waals surface area contributed by atoms with Crippen LogP contribution in [0.25, 0.3) is 102 Å². The number of aromatic nitrogens is 4. The first-order valence-electron chi connectivity index (χ1n) is 20.5. The molecule has 5 heterocycles. The third kappa shape index (κ3) is 7.02. The molecule has 2 aliphatic rings. The summed E-state index contributed by atoms with van der Waals surface area (Å²) in [6.45, 7) is 6.35. The van der Waals surface area contributed by atoms with Gasteiger partial charge in [-0.05, 0) is 121 Å². The molecule has 3 aromatic heterocycles. The second kappa shape index (κ2) is 15.5. The maximum Gasteiger partial charge on any atom is 0.126 e. The van der Waals surface area contributed by atoms with Gasteiger partial charge in [0.1, 0.15) is 11.5 Å². The quantitative estimate of drug-likeness (QED) is 0.169. The Morgan fingerprint density at radius 2 is 0.803 bits per heavy atom. The minimum Gasteiger partial charge on any atom is -0.497 e. The van der Waals surface area contributed by atoms with Gasteiger partial charge in [0.15, 0.2) is 0 Å². The van der Waals surface area contributed by atoms with Gasteiger partial charge in [0, 0.05) is 49.9 Å². The van der Waals surface area contributed by atoms with Gasteiger partial charge >= 0.3 is 0 Å². The first-order valence-corrected chi connectivity index (χ1v) is 20.5. The molecule has 6 heteroatoms. The second-order valence-corrected chi connectivity index (χ2v) is 15.7. The molecule has 8 bridgehead atoms. The molecule has 5 aromatic carbocycles. The summed E-state index contributed by atoms with van der Waals surface area (Å²) < 4.78 is 11.5. The number of nitrogens with one attached hydrogen (secondary N) is 2. The fourth-order valence-electron chi connectivity index (χ4n) is 8.46. The number of hydrogen-bond acceptors (Lipinski definition) is 4. The number of fused-ring (bicyclic) bond motifs is 8. The van der Waals surface area contributed by atoms with Crippen molar-refractivity contribution in [1.82, 2.24) is 19.9 Å². The highest BCUT2D eigenvalue weighted by Gasteiger charge is 2.20. The Bertz CT molecular complexity index is 3080. The maximum absolute atomic E-state index is 5.85. The highest BCUT2D eigenvalue weighted by atomic mass is 16.5. The number of nitrogens with zero attached hydrogens (tertiary/aromatic N) is 2. The van der Waals surface area contributed by atoms with Crippen molar-refractivity contribution >= 4 is 46.4 Å². The molecule has 2 N–H and O–H groups in total. The smallest absolute Gasteiger partial charge is 0.126 e. The summed E-state index contributed by atoms with van der Waals surface area (Å²) in [6, 6.07) is 49.2. The van der Waals surface area contributed by atoms with Crippen molar-refractivity contribution in [3.63, 3.8) is 0 Å². The van der Waals surface area contributed by atoms with Crippen LogP contribution >= 0.6 is 0 Å². The number of benzene rings is 5. The van der Waals surface area contributed by atoms with Crippen molar-refractivity contribution < 1.29 is 9.47 Å². The highest BCUT2D eigenvalue weighted by molar-refractivity contribution is 6.00. The zero-order valence-electron chi connectivity index (χ0n) is 34.8. The Hall–Kier alpha value is -7.70. The SMILES string of the molecule is COc1ccc(OC)c(-c2cccc(-c3c4ccc([nH]4)c(-c4ccc(C)cc4)c4nc(c(-c5ccc(C)cc5)c5nc(c(-c6ccc(C)cc6)c6ccc3[nH]6)C=C5)C=C4)c2)c1. The largest absolute Gasteiger partial charge is 0.497 e. The summed E-state index contributed by atoms with van der Waals surface area (Å²) in [7, 11) is 3.39. The van der Waals surface area contributed by atoms with Crippen molar-refractivity contribution in [2.24, 2.45) is 0 Å². The zero-order chi connectivity index (χ0) is 41.6. The molecule has 61 heavy (non-hydrogen) atoms. The van der Waals surface area contributed by atoms with Crippen molar-refractivity contribution in [2.45, 2.75) is 20.8 Å². The number of hydrogen-bond donors (Lipinski definition) is 2. The fraction of sp³-hybridized carbons (Fsp3) is 0.0909. The lowest BCUT2D eigenvalue weighted by atomic mass is 9.98. The number of aromatic amines is 2. The number of methoxy groups -OCH3 is 2. The molecule has 0 spiro atoms. The predicted octanol–water partition coefficient (Wildman–Crippen LogP) is 13.9. The summed E-state index contributed by atoms with van der Waals surface area (Å²) in [6.07, 6.45) is 8.54. The topological polar surface area (TPSA) is 75.8 Å². The molecule has 0 unspecified atom stereocenters. The average molecular weight is 793 g/mol. The average Bonchev–Trinajstić information content (AvgIpc) is 4.14. The third-order valence-corrected chi connectivity index (χ3v) is 11.6. The molecule has 0 saturated heterocycles. The summed E-state index contributed by atoms with van der Waals surface area (Å²) in [4.78, 5) is 18.7. The Morgan fingerprint density at radius 3 is 1.26 bits per heavy atom. The zero-order valence-corrected chi connectivity index (χ0v) is 34.8. The molecule has 0 fully saturated rings. The molecular formula is C55H44N4O2. The molecule has 296 valence electrons. The van der Waals surface area contributed by atoms with Crippen LogP contribution < -0.4 is 9.47 Å². The number of ether oxygens (including phenoxy) is 2. The van der Waals surface area contributed by atoms with Gasteiger partial charge in [0.2, 0.25) is 0 Å². The summed E-state index contributed by atoms with van der Waals surface area (Å²) in [5.41, 5.74) is 21.1. The van der Waals surface area contributed by atoms with Crippen LogP contribution in [0.15, 0.2) is 140 Å². The molecule has 0 radical (unpaired) electrons. The second-order valence-electron chi connectivity index (χ2n) is 15.7. The van der Waals surface area contributed by atoms with Crippen LogP contribution in [-0.2, 0) is 0 Å². The van der Waals surface area contributed by atoms with Crippen LogP contribution in [0.2, 0.25) is 0 Å². The van der Waals surface area contributed by atoms with E-state index in [2.05, 4.69) is 176 Å². The van der Waals surface area contributed by atoms with Crippen LogP contribution in [0.5, 0.6) is 11.5 Å². The van der Waals surface area contributed by atoms with E-state index in [9.17, 15) is 0 Å². The molecule has 6 nitrogen and oxygen atoms in total. The van der Waals surface area contributed by atoms with Crippen LogP contribution in [0.1, 0.15) is 39.5 Å². The van der Waals surface area contributed by atoms with Crippen molar-refractivity contribution in [3.8, 4) is 67.1 Å². The Balaban J connectivity index is 1.34. The lowest BCUT2D eigenvalue weighted by Gasteiger charge is -2.12. The van der Waals surface area contributed by atoms with Gasteiger partial charge in [0.25, 0.3) is 0 Å². The van der Waals surface area contributed by atoms with Gasteiger partial charge in [-0.15, -0.1) is 0 Å². The van der Waals surface area contributed by atoms with E-state index in [1.54, 1.807) is 14.2 Å². The van der Waals surface area contributed by atoms with E-state index in [1.165, 1.54) is 16.7 Å². The Morgan fingerprint density at radius 1 is 0.377 bits per heavy atom. The molecular weight excluding hydrogens is 749 g/mol. The molecule has 0 atom stereocenters. The van der Waals surface area contributed by atoms with Gasteiger partial charge in [0.05, 0.1) is 37.0 Å². The first-order chi connectivity index (χ1) is 29.8. The van der Waals surface area contributed by atoms with E-state index in [0.29, 0.717) is 0 Å². The predicted molar refractivity (Wildman–Crippen MR) is 253 cm³/mol. The van der Waals surface area contributed by atoms with Crippen LogP contribution in [-0.4, -0.2) is 34.2 Å². The number of H-pyrrole nitrogens is 2. The number of rotatable bonds is 7. The molecule has 10 rings (SSSR count). The molecule has 2 aliphatic heterocycles. The van der Waals surface area contributed by atoms with Crippen molar-refractivity contribution in [2.75, 3.05) is 14.2 Å². The summed E-state index contributed by atoms with van der Waals surface area (Å²) in [5.74, 6) is 1.53. The van der Waals surface area contributed by atoms with Crippen molar-refractivity contribution in [1.29, 1.82) is 0 Å². The summed E-state index contributed by atoms with van der Waals surface area (Å²) in [5, 5.41) is 0. The van der Waals surface area contributed by atoms with Crippen LogP contribution in [0.4, 0.5) is 0 Å². The minimum atomic E-state index is 0.761. The van der Waals surface area contributed by atoms with Gasteiger partial charge in [-0.1, -0.05) is 108 Å². The van der Waals surface area contributed by atoms with E-state index in [4.69, 9.17) is 19.4 Å². The van der Waals surface area contributed by atoms with Gasteiger partial charge in [-0.3, -0.25) is 0 Å². The lowest BCUT2D eigenvalue weighted by Crippen LogP contribution is -1.91. The molecule has 0 aliphatic carbocycles. The summed E-state index contributed by atoms with van der Waals surface area (Å²) >= 11 is 0.